The van der Waals surface area contributed by atoms with E-state index in [0.29, 0.717) is 30.8 Å². The first-order valence-corrected chi connectivity index (χ1v) is 12.0. The number of nitrogens with zero attached hydrogens (tertiary/aromatic N) is 3. The number of imide groups is 1. The molecule has 2 fully saturated rings. The largest absolute Gasteiger partial charge is 0.376 e. The molecule has 2 saturated heterocycles. The van der Waals surface area contributed by atoms with Crippen LogP contribution in [0.3, 0.4) is 0 Å². The summed E-state index contributed by atoms with van der Waals surface area (Å²) in [7, 11) is 0. The minimum Gasteiger partial charge on any atom is -0.376 e. The Bertz CT molecular complexity index is 1060. The zero-order valence-corrected chi connectivity index (χ0v) is 19.3. The maximum atomic E-state index is 13.2. The Balaban J connectivity index is 1.25. The molecule has 0 aliphatic carbocycles. The van der Waals surface area contributed by atoms with Gasteiger partial charge in [0.15, 0.2) is 0 Å². The third-order valence-corrected chi connectivity index (χ3v) is 6.83. The number of hydrogen-bond acceptors (Lipinski definition) is 5. The number of benzene rings is 2. The van der Waals surface area contributed by atoms with Crippen LogP contribution in [0.4, 0.5) is 5.69 Å². The molecule has 6 nitrogen and oxygen atoms in total. The van der Waals surface area contributed by atoms with Gasteiger partial charge in [-0.1, -0.05) is 48.0 Å². The van der Waals surface area contributed by atoms with Crippen molar-refractivity contribution in [2.24, 2.45) is 0 Å². The third kappa shape index (κ3) is 4.69. The smallest absolute Gasteiger partial charge is 0.263 e. The first kappa shape index (κ1) is 22.1. The molecule has 0 saturated carbocycles. The van der Waals surface area contributed by atoms with Crippen LogP contribution in [0.1, 0.15) is 39.1 Å². The van der Waals surface area contributed by atoms with E-state index in [4.69, 9.17) is 16.3 Å². The summed E-state index contributed by atoms with van der Waals surface area (Å²) in [4.78, 5) is 32.1. The van der Waals surface area contributed by atoms with Crippen LogP contribution < -0.4 is 4.90 Å². The fourth-order valence-electron chi connectivity index (χ4n) is 4.87. The number of halogens is 1. The van der Waals surface area contributed by atoms with Gasteiger partial charge in [-0.2, -0.15) is 0 Å². The van der Waals surface area contributed by atoms with Crippen molar-refractivity contribution in [2.45, 2.75) is 18.9 Å². The molecule has 2 aromatic carbocycles. The van der Waals surface area contributed by atoms with E-state index >= 15 is 0 Å². The Labute approximate surface area is 199 Å². The highest BCUT2D eigenvalue weighted by Gasteiger charge is 2.40. The predicted molar refractivity (Wildman–Crippen MR) is 130 cm³/mol. The fraction of sp³-hybridized carbons (Fsp3) is 0.385. The van der Waals surface area contributed by atoms with Crippen molar-refractivity contribution in [1.82, 2.24) is 9.80 Å². The molecule has 0 spiro atoms. The van der Waals surface area contributed by atoms with Crippen molar-refractivity contribution < 1.29 is 14.3 Å². The summed E-state index contributed by atoms with van der Waals surface area (Å²) in [5, 5.41) is 0.806. The van der Waals surface area contributed by atoms with E-state index in [0.717, 1.165) is 55.3 Å². The van der Waals surface area contributed by atoms with Crippen molar-refractivity contribution in [3.8, 4) is 0 Å². The molecule has 0 radical (unpaired) electrons. The van der Waals surface area contributed by atoms with Crippen LogP contribution in [0.5, 0.6) is 0 Å². The zero-order valence-electron chi connectivity index (χ0n) is 18.6. The average Bonchev–Trinajstić information content (AvgIpc) is 3.43. The topological polar surface area (TPSA) is 53.1 Å². The predicted octanol–water partition coefficient (Wildman–Crippen LogP) is 3.86. The quantitative estimate of drug-likeness (QED) is 0.606. The number of ether oxygens (including phenoxy) is 1. The molecule has 2 aromatic rings. The van der Waals surface area contributed by atoms with Crippen molar-refractivity contribution in [2.75, 3.05) is 50.8 Å². The maximum absolute atomic E-state index is 13.2. The minimum absolute atomic E-state index is 0.0482. The van der Waals surface area contributed by atoms with Gasteiger partial charge in [0.1, 0.15) is 0 Å². The lowest BCUT2D eigenvalue weighted by Crippen LogP contribution is -2.47. The highest BCUT2D eigenvalue weighted by atomic mass is 35.5. The van der Waals surface area contributed by atoms with E-state index in [9.17, 15) is 9.59 Å². The number of anilines is 1. The Morgan fingerprint density at radius 2 is 1.79 bits per heavy atom. The molecule has 5 rings (SSSR count). The number of rotatable bonds is 6. The number of carbonyl (C=O) groups excluding carboxylic acids is 2. The van der Waals surface area contributed by atoms with Gasteiger partial charge < -0.3 is 9.64 Å². The number of piperazine rings is 1. The van der Waals surface area contributed by atoms with E-state index in [1.807, 2.05) is 48.5 Å². The van der Waals surface area contributed by atoms with Gasteiger partial charge in [0.05, 0.1) is 29.5 Å². The van der Waals surface area contributed by atoms with Crippen LogP contribution >= 0.6 is 11.6 Å². The summed E-state index contributed by atoms with van der Waals surface area (Å²) in [5.74, 6) is -0.402. The molecule has 0 N–H and O–H groups in total. The Morgan fingerprint density at radius 1 is 1.00 bits per heavy atom. The Kier molecular flexibility index (Phi) is 6.49. The van der Waals surface area contributed by atoms with Gasteiger partial charge in [0.2, 0.25) is 0 Å². The molecule has 172 valence electrons. The van der Waals surface area contributed by atoms with E-state index in [1.165, 1.54) is 4.90 Å². The summed E-state index contributed by atoms with van der Waals surface area (Å²) >= 11 is 6.51. The second kappa shape index (κ2) is 9.67. The molecule has 3 heterocycles. The molecule has 0 unspecified atom stereocenters. The molecule has 7 heteroatoms. The van der Waals surface area contributed by atoms with E-state index < -0.39 is 0 Å². The summed E-state index contributed by atoms with van der Waals surface area (Å²) in [6.45, 7) is 4.97. The number of hydrogen-bond donors (Lipinski definition) is 0. The molecule has 0 bridgehead atoms. The molecule has 1 atom stereocenters. The van der Waals surface area contributed by atoms with E-state index in [1.54, 1.807) is 6.07 Å². The highest BCUT2D eigenvalue weighted by Crippen LogP contribution is 2.33. The molecule has 3 aliphatic heterocycles. The molecule has 2 amide bonds. The Hall–Kier alpha value is -2.67. The maximum Gasteiger partial charge on any atom is 0.263 e. The van der Waals surface area contributed by atoms with Crippen LogP contribution in [-0.4, -0.2) is 73.6 Å². The lowest BCUT2D eigenvalue weighted by atomic mass is 10.1. The summed E-state index contributed by atoms with van der Waals surface area (Å²) in [5.41, 5.74) is 2.99. The number of fused-ring (bicyclic) bond motifs is 1. The fourth-order valence-corrected chi connectivity index (χ4v) is 5.17. The van der Waals surface area contributed by atoms with E-state index in [2.05, 4.69) is 9.80 Å². The SMILES string of the molecule is O=C1c2cccc(N3CCN(C/C(Cl)=C/c4ccccc4)CC3)c2C(=O)N1C[C@H]1CCCO1. The van der Waals surface area contributed by atoms with Gasteiger partial charge >= 0.3 is 0 Å². The lowest BCUT2D eigenvalue weighted by molar-refractivity contribution is 0.0475. The van der Waals surface area contributed by atoms with Gasteiger partial charge in [-0.3, -0.25) is 19.4 Å². The molecule has 3 aliphatic rings. The Morgan fingerprint density at radius 3 is 2.52 bits per heavy atom. The van der Waals surface area contributed by atoms with Gasteiger partial charge in [-0.05, 0) is 36.6 Å². The summed E-state index contributed by atoms with van der Waals surface area (Å²) in [6, 6.07) is 15.7. The molecular formula is C26H28ClN3O3. The van der Waals surface area contributed by atoms with Gasteiger partial charge in [0.25, 0.3) is 11.8 Å². The van der Waals surface area contributed by atoms with Crippen molar-refractivity contribution in [1.29, 1.82) is 0 Å². The number of carbonyl (C=O) groups is 2. The van der Waals surface area contributed by atoms with Crippen LogP contribution in [0.15, 0.2) is 53.6 Å². The highest BCUT2D eigenvalue weighted by molar-refractivity contribution is 6.31. The lowest BCUT2D eigenvalue weighted by Gasteiger charge is -2.36. The minimum atomic E-state index is -0.205. The van der Waals surface area contributed by atoms with Crippen LogP contribution in [0, 0.1) is 0 Å². The first-order valence-electron chi connectivity index (χ1n) is 11.6. The molecule has 0 aromatic heterocycles. The zero-order chi connectivity index (χ0) is 22.8. The second-order valence-electron chi connectivity index (χ2n) is 8.82. The summed E-state index contributed by atoms with van der Waals surface area (Å²) < 4.78 is 5.66. The average molecular weight is 466 g/mol. The van der Waals surface area contributed by atoms with Crippen LogP contribution in [-0.2, 0) is 4.74 Å². The molecular weight excluding hydrogens is 438 g/mol. The third-order valence-electron chi connectivity index (χ3n) is 6.60. The first-order chi connectivity index (χ1) is 16.1. The van der Waals surface area contributed by atoms with E-state index in [-0.39, 0.29) is 17.9 Å². The monoisotopic (exact) mass is 465 g/mol. The van der Waals surface area contributed by atoms with Gasteiger partial charge in [-0.25, -0.2) is 0 Å². The second-order valence-corrected chi connectivity index (χ2v) is 9.31. The van der Waals surface area contributed by atoms with Crippen molar-refractivity contribution in [3.05, 3.63) is 70.3 Å². The van der Waals surface area contributed by atoms with Crippen molar-refractivity contribution >= 4 is 35.2 Å². The number of amides is 2. The van der Waals surface area contributed by atoms with Gasteiger partial charge in [-0.15, -0.1) is 0 Å². The molecule has 33 heavy (non-hydrogen) atoms. The van der Waals surface area contributed by atoms with Crippen LogP contribution in [0.2, 0.25) is 0 Å². The van der Waals surface area contributed by atoms with Crippen molar-refractivity contribution in [3.63, 3.8) is 0 Å². The standard InChI is InChI=1S/C26H28ClN3O3/c27-20(16-19-6-2-1-3-7-19)17-28-11-13-29(14-12-28)23-10-4-9-22-24(23)26(32)30(25(22)31)18-21-8-5-15-33-21/h1-4,6-7,9-10,16,21H,5,8,11-15,17-18H2/b20-16-/t21-/m1/s1. The van der Waals surface area contributed by atoms with Gasteiger partial charge in [0, 0.05) is 44.4 Å². The normalized spacial score (nSPS) is 21.7. The van der Waals surface area contributed by atoms with Crippen LogP contribution in [0.25, 0.3) is 6.08 Å². The summed E-state index contributed by atoms with van der Waals surface area (Å²) in [6.07, 6.45) is 3.83.